The van der Waals surface area contributed by atoms with Gasteiger partial charge in [0, 0.05) is 5.69 Å². The molecular weight excluding hydrogens is 280 g/mol. The largest absolute Gasteiger partial charge is 0.453 e. The van der Waals surface area contributed by atoms with E-state index in [0.717, 1.165) is 12.8 Å². The number of ether oxygens (including phenoxy) is 1. The zero-order valence-electron chi connectivity index (χ0n) is 12.4. The van der Waals surface area contributed by atoms with Crippen molar-refractivity contribution in [2.75, 3.05) is 5.32 Å². The third kappa shape index (κ3) is 4.45. The lowest BCUT2D eigenvalue weighted by Gasteiger charge is -2.15. The first kappa shape index (κ1) is 15.8. The molecule has 1 amide bonds. The van der Waals surface area contributed by atoms with Gasteiger partial charge in [-0.3, -0.25) is 9.59 Å². The second kappa shape index (κ2) is 7.41. The van der Waals surface area contributed by atoms with Crippen LogP contribution in [-0.4, -0.2) is 18.0 Å². The summed E-state index contributed by atoms with van der Waals surface area (Å²) in [5.41, 5.74) is 0.959. The minimum Gasteiger partial charge on any atom is -0.453 e. The summed E-state index contributed by atoms with van der Waals surface area (Å²) in [6.45, 7) is 1.53. The van der Waals surface area contributed by atoms with E-state index in [0.29, 0.717) is 17.7 Å². The van der Waals surface area contributed by atoms with Crippen LogP contribution in [0.2, 0.25) is 0 Å². The minimum atomic E-state index is -0.872. The van der Waals surface area contributed by atoms with Crippen LogP contribution in [0.25, 0.3) is 0 Å². The average molecular weight is 298 g/mol. The van der Waals surface area contributed by atoms with Gasteiger partial charge in [0.25, 0.3) is 5.91 Å². The zero-order chi connectivity index (χ0) is 15.9. The third-order valence-corrected chi connectivity index (χ3v) is 3.48. The van der Waals surface area contributed by atoms with Gasteiger partial charge in [0.15, 0.2) is 6.10 Å². The number of hydrogen-bond acceptors (Lipinski definition) is 4. The van der Waals surface area contributed by atoms with Gasteiger partial charge < -0.3 is 10.1 Å². The van der Waals surface area contributed by atoms with Gasteiger partial charge in [0.2, 0.25) is 0 Å². The molecule has 0 saturated heterocycles. The number of nitriles is 1. The average Bonchev–Trinajstić information content (AvgIpc) is 3.00. The second-order valence-electron chi connectivity index (χ2n) is 5.28. The Balaban J connectivity index is 1.84. The molecule has 1 aromatic carbocycles. The standard InChI is InChI=1S/C17H18N2O3/c1-12(22-16(20)10-13-5-2-3-6-13)17(21)19-15-8-4-7-14(9-15)11-18/h2,4-5,7-9,12-13H,3,6,10H2,1H3,(H,19,21). The van der Waals surface area contributed by atoms with Crippen molar-refractivity contribution in [2.24, 2.45) is 5.92 Å². The molecule has 1 N–H and O–H groups in total. The number of allylic oxidation sites excluding steroid dienone is 2. The molecule has 5 heteroatoms. The normalized spacial score (nSPS) is 17.5. The molecule has 0 aliphatic heterocycles. The number of esters is 1. The highest BCUT2D eigenvalue weighted by atomic mass is 16.5. The van der Waals surface area contributed by atoms with Crippen molar-refractivity contribution in [2.45, 2.75) is 32.3 Å². The van der Waals surface area contributed by atoms with Crippen molar-refractivity contribution in [3.05, 3.63) is 42.0 Å². The topological polar surface area (TPSA) is 79.2 Å². The molecule has 0 heterocycles. The molecular formula is C17H18N2O3. The molecule has 0 fully saturated rings. The van der Waals surface area contributed by atoms with Gasteiger partial charge in [-0.05, 0) is 43.9 Å². The number of amides is 1. The van der Waals surface area contributed by atoms with Gasteiger partial charge in [-0.25, -0.2) is 0 Å². The van der Waals surface area contributed by atoms with Gasteiger partial charge >= 0.3 is 5.97 Å². The Labute approximate surface area is 129 Å². The van der Waals surface area contributed by atoms with Crippen molar-refractivity contribution in [3.63, 3.8) is 0 Å². The Bertz CT molecular complexity index is 631. The highest BCUT2D eigenvalue weighted by Crippen LogP contribution is 2.21. The number of benzene rings is 1. The van der Waals surface area contributed by atoms with E-state index in [1.54, 1.807) is 24.3 Å². The van der Waals surface area contributed by atoms with Crippen LogP contribution in [-0.2, 0) is 14.3 Å². The maximum Gasteiger partial charge on any atom is 0.307 e. The van der Waals surface area contributed by atoms with Crippen molar-refractivity contribution < 1.29 is 14.3 Å². The smallest absolute Gasteiger partial charge is 0.307 e. The summed E-state index contributed by atoms with van der Waals surface area (Å²) < 4.78 is 5.15. The lowest BCUT2D eigenvalue weighted by molar-refractivity contribution is -0.153. The Morgan fingerprint density at radius 3 is 3.00 bits per heavy atom. The number of carbonyl (C=O) groups excluding carboxylic acids is 2. The number of carbonyl (C=O) groups is 2. The molecule has 2 atom stereocenters. The quantitative estimate of drug-likeness (QED) is 0.669. The van der Waals surface area contributed by atoms with Crippen molar-refractivity contribution in [1.29, 1.82) is 5.26 Å². The van der Waals surface area contributed by atoms with Crippen LogP contribution in [0.4, 0.5) is 5.69 Å². The molecule has 1 aromatic rings. The van der Waals surface area contributed by atoms with E-state index >= 15 is 0 Å². The summed E-state index contributed by atoms with van der Waals surface area (Å²) in [4.78, 5) is 23.8. The molecule has 0 radical (unpaired) electrons. The third-order valence-electron chi connectivity index (χ3n) is 3.48. The maximum atomic E-state index is 12.0. The predicted molar refractivity (Wildman–Crippen MR) is 81.8 cm³/mol. The number of rotatable bonds is 5. The molecule has 0 bridgehead atoms. The van der Waals surface area contributed by atoms with Gasteiger partial charge in [0.1, 0.15) is 0 Å². The first-order valence-corrected chi connectivity index (χ1v) is 7.25. The molecule has 2 rings (SSSR count). The summed E-state index contributed by atoms with van der Waals surface area (Å²) in [5, 5.41) is 11.5. The fraction of sp³-hybridized carbons (Fsp3) is 0.353. The first-order chi connectivity index (χ1) is 10.6. The van der Waals surface area contributed by atoms with Crippen LogP contribution in [0.5, 0.6) is 0 Å². The fourth-order valence-corrected chi connectivity index (χ4v) is 2.29. The Kier molecular flexibility index (Phi) is 5.31. The van der Waals surface area contributed by atoms with Crippen molar-refractivity contribution in [3.8, 4) is 6.07 Å². The fourth-order valence-electron chi connectivity index (χ4n) is 2.29. The zero-order valence-corrected chi connectivity index (χ0v) is 12.4. The molecule has 1 aliphatic rings. The second-order valence-corrected chi connectivity index (χ2v) is 5.28. The number of anilines is 1. The Morgan fingerprint density at radius 1 is 1.50 bits per heavy atom. The molecule has 0 spiro atoms. The predicted octanol–water partition coefficient (Wildman–Crippen LogP) is 2.78. The van der Waals surface area contributed by atoms with Crippen LogP contribution in [0.15, 0.2) is 36.4 Å². The van der Waals surface area contributed by atoms with Crippen molar-refractivity contribution >= 4 is 17.6 Å². The lowest BCUT2D eigenvalue weighted by atomic mass is 10.1. The van der Waals surface area contributed by atoms with E-state index in [4.69, 9.17) is 10.00 Å². The molecule has 0 saturated carbocycles. The minimum absolute atomic E-state index is 0.218. The highest BCUT2D eigenvalue weighted by Gasteiger charge is 2.21. The van der Waals surface area contributed by atoms with Gasteiger partial charge in [-0.1, -0.05) is 18.2 Å². The van der Waals surface area contributed by atoms with E-state index in [2.05, 4.69) is 11.4 Å². The molecule has 5 nitrogen and oxygen atoms in total. The van der Waals surface area contributed by atoms with E-state index < -0.39 is 12.0 Å². The molecule has 1 aliphatic carbocycles. The summed E-state index contributed by atoms with van der Waals surface area (Å²) in [7, 11) is 0. The van der Waals surface area contributed by atoms with E-state index in [1.807, 2.05) is 12.1 Å². The van der Waals surface area contributed by atoms with E-state index in [-0.39, 0.29) is 11.9 Å². The van der Waals surface area contributed by atoms with Crippen LogP contribution in [0, 0.1) is 17.2 Å². The SMILES string of the molecule is CC(OC(=O)CC1C=CCC1)C(=O)Nc1cccc(C#N)c1. The van der Waals surface area contributed by atoms with Crippen molar-refractivity contribution in [1.82, 2.24) is 0 Å². The Morgan fingerprint density at radius 2 is 2.32 bits per heavy atom. The summed E-state index contributed by atoms with van der Waals surface area (Å²) >= 11 is 0. The van der Waals surface area contributed by atoms with Crippen LogP contribution < -0.4 is 5.32 Å². The molecule has 22 heavy (non-hydrogen) atoms. The van der Waals surface area contributed by atoms with Crippen LogP contribution in [0.3, 0.4) is 0 Å². The summed E-state index contributed by atoms with van der Waals surface area (Å²) in [6, 6.07) is 8.57. The van der Waals surface area contributed by atoms with Crippen LogP contribution in [0.1, 0.15) is 31.7 Å². The summed E-state index contributed by atoms with van der Waals surface area (Å²) in [5.74, 6) is -0.564. The van der Waals surface area contributed by atoms with Crippen LogP contribution >= 0.6 is 0 Å². The number of hydrogen-bond donors (Lipinski definition) is 1. The highest BCUT2D eigenvalue weighted by molar-refractivity contribution is 5.95. The number of nitrogens with one attached hydrogen (secondary N) is 1. The maximum absolute atomic E-state index is 12.0. The summed E-state index contributed by atoms with van der Waals surface area (Å²) in [6.07, 6.45) is 5.44. The van der Waals surface area contributed by atoms with E-state index in [1.165, 1.54) is 6.92 Å². The van der Waals surface area contributed by atoms with Gasteiger partial charge in [-0.15, -0.1) is 0 Å². The molecule has 2 unspecified atom stereocenters. The number of nitrogens with zero attached hydrogens (tertiary/aromatic N) is 1. The lowest BCUT2D eigenvalue weighted by Crippen LogP contribution is -2.30. The first-order valence-electron chi connectivity index (χ1n) is 7.25. The molecule has 114 valence electrons. The van der Waals surface area contributed by atoms with E-state index in [9.17, 15) is 9.59 Å². The Hall–Kier alpha value is -2.61. The monoisotopic (exact) mass is 298 g/mol. The van der Waals surface area contributed by atoms with Gasteiger partial charge in [0.05, 0.1) is 18.1 Å². The molecule has 0 aromatic heterocycles. The van der Waals surface area contributed by atoms with Gasteiger partial charge in [-0.2, -0.15) is 5.26 Å².